The Balaban J connectivity index is 3.22. The highest BCUT2D eigenvalue weighted by molar-refractivity contribution is 5.79. The SMILES string of the molecule is CCCCCC(=O)CCCCCCCC=CC(=O)O. The van der Waals surface area contributed by atoms with Gasteiger partial charge in [-0.2, -0.15) is 0 Å². The molecular formula is C16H28O3. The second-order valence-electron chi connectivity index (χ2n) is 5.04. The molecule has 0 aromatic rings. The van der Waals surface area contributed by atoms with E-state index >= 15 is 0 Å². The first-order valence-corrected chi connectivity index (χ1v) is 7.58. The molecular weight excluding hydrogens is 240 g/mol. The molecule has 110 valence electrons. The number of carboxylic acid groups (broad SMARTS) is 1. The number of allylic oxidation sites excluding steroid dienone is 1. The van der Waals surface area contributed by atoms with Gasteiger partial charge in [-0.05, 0) is 25.7 Å². The number of carboxylic acids is 1. The summed E-state index contributed by atoms with van der Waals surface area (Å²) in [7, 11) is 0. The topological polar surface area (TPSA) is 54.4 Å². The normalized spacial score (nSPS) is 11.0. The number of unbranched alkanes of at least 4 members (excludes halogenated alkanes) is 7. The molecule has 0 atom stereocenters. The van der Waals surface area contributed by atoms with Crippen molar-refractivity contribution in [2.24, 2.45) is 0 Å². The van der Waals surface area contributed by atoms with Gasteiger partial charge in [-0.15, -0.1) is 0 Å². The van der Waals surface area contributed by atoms with Gasteiger partial charge >= 0.3 is 5.97 Å². The largest absolute Gasteiger partial charge is 0.478 e. The van der Waals surface area contributed by atoms with Gasteiger partial charge < -0.3 is 5.11 Å². The molecule has 19 heavy (non-hydrogen) atoms. The van der Waals surface area contributed by atoms with Gasteiger partial charge in [0.15, 0.2) is 0 Å². The zero-order chi connectivity index (χ0) is 14.3. The lowest BCUT2D eigenvalue weighted by atomic mass is 10.0. The number of aliphatic carboxylic acids is 1. The van der Waals surface area contributed by atoms with Crippen LogP contribution in [0.1, 0.15) is 77.6 Å². The Morgan fingerprint density at radius 3 is 2.11 bits per heavy atom. The van der Waals surface area contributed by atoms with E-state index in [1.807, 2.05) is 0 Å². The van der Waals surface area contributed by atoms with Gasteiger partial charge in [-0.3, -0.25) is 4.79 Å². The maximum absolute atomic E-state index is 11.5. The standard InChI is InChI=1S/C16H28O3/c1-2-3-9-12-15(17)13-10-7-5-4-6-8-11-14-16(18)19/h11,14H,2-10,12-13H2,1H3,(H,18,19). The Morgan fingerprint density at radius 1 is 0.895 bits per heavy atom. The van der Waals surface area contributed by atoms with Crippen LogP contribution in [0.3, 0.4) is 0 Å². The molecule has 0 unspecified atom stereocenters. The Kier molecular flexibility index (Phi) is 12.5. The molecule has 1 N–H and O–H groups in total. The summed E-state index contributed by atoms with van der Waals surface area (Å²) >= 11 is 0. The minimum Gasteiger partial charge on any atom is -0.478 e. The third-order valence-corrected chi connectivity index (χ3v) is 3.15. The van der Waals surface area contributed by atoms with E-state index < -0.39 is 5.97 Å². The van der Waals surface area contributed by atoms with Crippen LogP contribution >= 0.6 is 0 Å². The Labute approximate surface area is 117 Å². The smallest absolute Gasteiger partial charge is 0.327 e. The zero-order valence-electron chi connectivity index (χ0n) is 12.2. The van der Waals surface area contributed by atoms with Crippen LogP contribution in [0.5, 0.6) is 0 Å². The van der Waals surface area contributed by atoms with Gasteiger partial charge in [0.25, 0.3) is 0 Å². The maximum atomic E-state index is 11.5. The molecule has 0 amide bonds. The van der Waals surface area contributed by atoms with Gasteiger partial charge in [0.1, 0.15) is 5.78 Å². The first-order chi connectivity index (χ1) is 9.16. The first kappa shape index (κ1) is 17.9. The first-order valence-electron chi connectivity index (χ1n) is 7.58. The molecule has 0 aliphatic heterocycles. The van der Waals surface area contributed by atoms with E-state index in [0.717, 1.165) is 64.2 Å². The fraction of sp³-hybridized carbons (Fsp3) is 0.750. The van der Waals surface area contributed by atoms with Crippen molar-refractivity contribution in [3.63, 3.8) is 0 Å². The van der Waals surface area contributed by atoms with E-state index in [1.54, 1.807) is 6.08 Å². The molecule has 0 heterocycles. The molecule has 0 rings (SSSR count). The van der Waals surface area contributed by atoms with Crippen LogP contribution in [0.25, 0.3) is 0 Å². The van der Waals surface area contributed by atoms with E-state index in [1.165, 1.54) is 12.5 Å². The van der Waals surface area contributed by atoms with Gasteiger partial charge in [-0.1, -0.05) is 45.1 Å². The quantitative estimate of drug-likeness (QED) is 0.395. The third-order valence-electron chi connectivity index (χ3n) is 3.15. The lowest BCUT2D eigenvalue weighted by molar-refractivity contribution is -0.131. The number of hydrogen-bond acceptors (Lipinski definition) is 2. The van der Waals surface area contributed by atoms with Crippen molar-refractivity contribution in [2.45, 2.75) is 77.6 Å². The minimum absolute atomic E-state index is 0.415. The van der Waals surface area contributed by atoms with Crippen molar-refractivity contribution < 1.29 is 14.7 Å². The predicted molar refractivity (Wildman–Crippen MR) is 78.2 cm³/mol. The highest BCUT2D eigenvalue weighted by Crippen LogP contribution is 2.10. The van der Waals surface area contributed by atoms with Crippen molar-refractivity contribution >= 4 is 11.8 Å². The predicted octanol–water partition coefficient (Wildman–Crippen LogP) is 4.51. The van der Waals surface area contributed by atoms with Crippen LogP contribution < -0.4 is 0 Å². The molecule has 0 saturated carbocycles. The van der Waals surface area contributed by atoms with E-state index in [0.29, 0.717) is 5.78 Å². The minimum atomic E-state index is -0.874. The van der Waals surface area contributed by atoms with E-state index in [9.17, 15) is 9.59 Å². The molecule has 0 bridgehead atoms. The molecule has 3 heteroatoms. The number of rotatable bonds is 13. The van der Waals surface area contributed by atoms with Crippen LogP contribution in [0.15, 0.2) is 12.2 Å². The monoisotopic (exact) mass is 268 g/mol. The lowest BCUT2D eigenvalue weighted by Crippen LogP contribution is -1.97. The number of carbonyl (C=O) groups is 2. The van der Waals surface area contributed by atoms with Crippen LogP contribution in [-0.4, -0.2) is 16.9 Å². The van der Waals surface area contributed by atoms with E-state index in [-0.39, 0.29) is 0 Å². The summed E-state index contributed by atoms with van der Waals surface area (Å²) in [5, 5.41) is 8.40. The van der Waals surface area contributed by atoms with Crippen molar-refractivity contribution in [2.75, 3.05) is 0 Å². The third kappa shape index (κ3) is 14.8. The maximum Gasteiger partial charge on any atom is 0.327 e. The van der Waals surface area contributed by atoms with Gasteiger partial charge in [0, 0.05) is 18.9 Å². The Morgan fingerprint density at radius 2 is 1.47 bits per heavy atom. The van der Waals surface area contributed by atoms with Gasteiger partial charge in [0.05, 0.1) is 0 Å². The molecule has 0 aliphatic carbocycles. The molecule has 0 aromatic heterocycles. The van der Waals surface area contributed by atoms with Gasteiger partial charge in [-0.25, -0.2) is 4.79 Å². The van der Waals surface area contributed by atoms with Crippen molar-refractivity contribution in [3.8, 4) is 0 Å². The highest BCUT2D eigenvalue weighted by Gasteiger charge is 2.01. The average Bonchev–Trinajstić information content (AvgIpc) is 2.36. The van der Waals surface area contributed by atoms with Crippen molar-refractivity contribution in [3.05, 3.63) is 12.2 Å². The number of hydrogen-bond donors (Lipinski definition) is 1. The summed E-state index contributed by atoms with van der Waals surface area (Å²) in [5.41, 5.74) is 0. The highest BCUT2D eigenvalue weighted by atomic mass is 16.4. The molecule has 0 fully saturated rings. The fourth-order valence-electron chi connectivity index (χ4n) is 2.00. The molecule has 0 radical (unpaired) electrons. The second kappa shape index (κ2) is 13.3. The second-order valence-corrected chi connectivity index (χ2v) is 5.04. The number of carbonyl (C=O) groups excluding carboxylic acids is 1. The summed E-state index contributed by atoms with van der Waals surface area (Å²) in [6, 6.07) is 0. The zero-order valence-corrected chi connectivity index (χ0v) is 12.2. The summed E-state index contributed by atoms with van der Waals surface area (Å²) in [6.45, 7) is 2.15. The van der Waals surface area contributed by atoms with E-state index in [2.05, 4.69) is 6.92 Å². The van der Waals surface area contributed by atoms with Crippen LogP contribution in [0, 0.1) is 0 Å². The Hall–Kier alpha value is -1.12. The summed E-state index contributed by atoms with van der Waals surface area (Å²) < 4.78 is 0. The van der Waals surface area contributed by atoms with Crippen LogP contribution in [-0.2, 0) is 9.59 Å². The van der Waals surface area contributed by atoms with Crippen molar-refractivity contribution in [1.29, 1.82) is 0 Å². The molecule has 3 nitrogen and oxygen atoms in total. The fourth-order valence-corrected chi connectivity index (χ4v) is 2.00. The summed E-state index contributed by atoms with van der Waals surface area (Å²) in [5.74, 6) is -0.459. The average molecular weight is 268 g/mol. The number of ketones is 1. The molecule has 0 aliphatic rings. The van der Waals surface area contributed by atoms with Crippen LogP contribution in [0.2, 0.25) is 0 Å². The summed E-state index contributed by atoms with van der Waals surface area (Å²) in [6.07, 6.45) is 14.0. The number of Topliss-reactive ketones (excluding diaryl/α,β-unsaturated/α-hetero) is 1. The molecule has 0 saturated heterocycles. The summed E-state index contributed by atoms with van der Waals surface area (Å²) in [4.78, 5) is 21.7. The molecule has 0 aromatic carbocycles. The molecule has 0 spiro atoms. The lowest BCUT2D eigenvalue weighted by Gasteiger charge is -2.01. The van der Waals surface area contributed by atoms with Gasteiger partial charge in [0.2, 0.25) is 0 Å². The van der Waals surface area contributed by atoms with Crippen molar-refractivity contribution in [1.82, 2.24) is 0 Å². The van der Waals surface area contributed by atoms with Crippen LogP contribution in [0.4, 0.5) is 0 Å². The Bertz CT molecular complexity index is 269. The van der Waals surface area contributed by atoms with E-state index in [4.69, 9.17) is 5.11 Å².